The normalized spacial score (nSPS) is 12.2. The molecule has 0 aliphatic rings. The molecule has 0 aliphatic carbocycles. The summed E-state index contributed by atoms with van der Waals surface area (Å²) < 4.78 is 0.701. The monoisotopic (exact) mass is 409 g/mol. The lowest BCUT2D eigenvalue weighted by molar-refractivity contribution is -0.108. The molecule has 1 N–H and O–H groups in total. The van der Waals surface area contributed by atoms with Gasteiger partial charge in [-0.2, -0.15) is 11.8 Å². The van der Waals surface area contributed by atoms with E-state index in [-0.39, 0.29) is 0 Å². The van der Waals surface area contributed by atoms with Crippen molar-refractivity contribution < 1.29 is 4.79 Å². The third kappa shape index (κ3) is 3.79. The smallest absolute Gasteiger partial charge is 0.213 e. The summed E-state index contributed by atoms with van der Waals surface area (Å²) in [7, 11) is -2.34. The van der Waals surface area contributed by atoms with E-state index in [9.17, 15) is 4.79 Å². The molecular weight excluding hydrogens is 389 g/mol. The van der Waals surface area contributed by atoms with Gasteiger partial charge in [-0.25, -0.2) is 0 Å². The van der Waals surface area contributed by atoms with Gasteiger partial charge in [-0.1, -0.05) is 58.8 Å². The average Bonchev–Trinajstić information content (AvgIpc) is 2.75. The highest BCUT2D eigenvalue weighted by atomic mass is 32.2. The molecule has 0 fully saturated rings. The molecule has 0 radical (unpaired) electrons. The van der Waals surface area contributed by atoms with Crippen molar-refractivity contribution in [3.8, 4) is 0 Å². The van der Waals surface area contributed by atoms with Crippen molar-refractivity contribution in [1.29, 1.82) is 0 Å². The van der Waals surface area contributed by atoms with E-state index >= 15 is 0 Å². The van der Waals surface area contributed by atoms with Gasteiger partial charge in [0, 0.05) is 0 Å². The second-order valence-corrected chi connectivity index (χ2v) is 10.6. The van der Waals surface area contributed by atoms with E-state index in [2.05, 4.69) is 41.7 Å². The van der Waals surface area contributed by atoms with Gasteiger partial charge in [-0.15, -0.1) is 0 Å². The Hall–Kier alpha value is -2.13. The summed E-state index contributed by atoms with van der Waals surface area (Å²) in [5.41, 5.74) is 0.809. The Kier molecular flexibility index (Phi) is 6.68. The van der Waals surface area contributed by atoms with Crippen LogP contribution in [0, 0.1) is 0 Å². The standard InChI is InChI=1S/C22H20NOPS2/c1-27-22(26)21(23-17-24)25(18-11-5-2-6-12-18,19-13-7-3-8-14-19)20-15-9-4-10-16-20/h2-17H,1H3,(H-,23,24,26). The lowest BCUT2D eigenvalue weighted by Gasteiger charge is -2.31. The van der Waals surface area contributed by atoms with Gasteiger partial charge in [0.05, 0.1) is 0 Å². The largest absolute Gasteiger partial charge is 0.768 e. The number of hydrogen-bond acceptors (Lipinski definition) is 3. The predicted molar refractivity (Wildman–Crippen MR) is 122 cm³/mol. The molecule has 0 unspecified atom stereocenters. The first-order valence-corrected chi connectivity index (χ1v) is 11.9. The van der Waals surface area contributed by atoms with Gasteiger partial charge in [0.2, 0.25) is 6.41 Å². The number of amides is 1. The SMILES string of the molecule is CSC([S-])=C(NC=O)[P+](c1ccccc1)(c1ccccc1)c1ccccc1. The molecule has 0 heterocycles. The van der Waals surface area contributed by atoms with Crippen LogP contribution in [0.5, 0.6) is 0 Å². The number of nitrogens with one attached hydrogen (secondary N) is 1. The lowest BCUT2D eigenvalue weighted by Crippen LogP contribution is -2.36. The van der Waals surface area contributed by atoms with E-state index in [1.807, 2.05) is 60.9 Å². The van der Waals surface area contributed by atoms with Gasteiger partial charge in [0.15, 0.2) is 12.7 Å². The molecule has 0 bridgehead atoms. The molecule has 0 spiro atoms. The molecule has 1 amide bonds. The quantitative estimate of drug-likeness (QED) is 0.366. The van der Waals surface area contributed by atoms with Crippen LogP contribution in [0.15, 0.2) is 101 Å². The van der Waals surface area contributed by atoms with Crippen molar-refractivity contribution in [2.45, 2.75) is 0 Å². The number of rotatable bonds is 7. The molecule has 5 heteroatoms. The fraction of sp³-hybridized carbons (Fsp3) is 0.0455. The van der Waals surface area contributed by atoms with E-state index in [0.29, 0.717) is 4.24 Å². The van der Waals surface area contributed by atoms with Crippen LogP contribution in [0.1, 0.15) is 0 Å². The first-order valence-electron chi connectivity index (χ1n) is 8.47. The third-order valence-electron chi connectivity index (χ3n) is 4.34. The average molecular weight is 410 g/mol. The van der Waals surface area contributed by atoms with Gasteiger partial charge in [0.1, 0.15) is 15.9 Å². The van der Waals surface area contributed by atoms with Crippen LogP contribution in [-0.2, 0) is 17.4 Å². The zero-order valence-electron chi connectivity index (χ0n) is 14.9. The van der Waals surface area contributed by atoms with Crippen molar-refractivity contribution in [3.63, 3.8) is 0 Å². The molecule has 0 aromatic heterocycles. The molecule has 27 heavy (non-hydrogen) atoms. The van der Waals surface area contributed by atoms with Gasteiger partial charge >= 0.3 is 0 Å². The summed E-state index contributed by atoms with van der Waals surface area (Å²) >= 11 is 7.21. The first kappa shape index (κ1) is 19.6. The minimum absolute atomic E-state index is 0.701. The van der Waals surface area contributed by atoms with E-state index in [1.165, 1.54) is 11.8 Å². The Morgan fingerprint density at radius 3 is 1.48 bits per heavy atom. The number of benzene rings is 3. The highest BCUT2D eigenvalue weighted by molar-refractivity contribution is 8.11. The fourth-order valence-corrected chi connectivity index (χ4v) is 8.69. The minimum atomic E-state index is -2.34. The zero-order valence-corrected chi connectivity index (χ0v) is 17.4. The van der Waals surface area contributed by atoms with Gasteiger partial charge < -0.3 is 12.6 Å². The first-order chi connectivity index (χ1) is 13.2. The maximum absolute atomic E-state index is 11.6. The third-order valence-corrected chi connectivity index (χ3v) is 10.2. The molecule has 0 saturated carbocycles. The van der Waals surface area contributed by atoms with E-state index in [1.54, 1.807) is 0 Å². The molecule has 2 nitrogen and oxygen atoms in total. The zero-order chi connectivity index (χ0) is 19.1. The molecule has 136 valence electrons. The van der Waals surface area contributed by atoms with Gasteiger partial charge in [0.25, 0.3) is 0 Å². The van der Waals surface area contributed by atoms with Gasteiger partial charge in [-0.05, 0) is 42.7 Å². The summed E-state index contributed by atoms with van der Waals surface area (Å²) in [6.45, 7) is 0. The number of thioether (sulfide) groups is 1. The number of carbonyl (C=O) groups excluding carboxylic acids is 1. The summed E-state index contributed by atoms with van der Waals surface area (Å²) in [5, 5.41) is 6.46. The van der Waals surface area contributed by atoms with Crippen molar-refractivity contribution in [2.75, 3.05) is 6.26 Å². The van der Waals surface area contributed by atoms with Crippen LogP contribution in [0.25, 0.3) is 0 Å². The van der Waals surface area contributed by atoms with Crippen LogP contribution in [0.2, 0.25) is 0 Å². The van der Waals surface area contributed by atoms with E-state index < -0.39 is 7.26 Å². The topological polar surface area (TPSA) is 29.1 Å². The molecule has 3 aromatic carbocycles. The van der Waals surface area contributed by atoms with Crippen LogP contribution in [0.4, 0.5) is 0 Å². The van der Waals surface area contributed by atoms with E-state index in [4.69, 9.17) is 12.6 Å². The van der Waals surface area contributed by atoms with Crippen LogP contribution < -0.4 is 21.2 Å². The Labute approximate surface area is 170 Å². The Morgan fingerprint density at radius 2 is 1.19 bits per heavy atom. The van der Waals surface area contributed by atoms with Crippen LogP contribution >= 0.6 is 19.0 Å². The highest BCUT2D eigenvalue weighted by Gasteiger charge is 2.50. The summed E-state index contributed by atoms with van der Waals surface area (Å²) in [6.07, 6.45) is 2.69. The highest BCUT2D eigenvalue weighted by Crippen LogP contribution is 2.62. The Bertz CT molecular complexity index is 818. The van der Waals surface area contributed by atoms with Crippen LogP contribution in [-0.4, -0.2) is 12.7 Å². The van der Waals surface area contributed by atoms with Gasteiger partial charge in [-0.3, -0.25) is 10.1 Å². The van der Waals surface area contributed by atoms with E-state index in [0.717, 1.165) is 27.8 Å². The maximum atomic E-state index is 11.6. The van der Waals surface area contributed by atoms with Crippen LogP contribution in [0.3, 0.4) is 0 Å². The molecule has 0 atom stereocenters. The van der Waals surface area contributed by atoms with Crippen molar-refractivity contribution in [3.05, 3.63) is 101 Å². The maximum Gasteiger partial charge on any atom is 0.213 e. The summed E-state index contributed by atoms with van der Waals surface area (Å²) in [6, 6.07) is 31.0. The van der Waals surface area contributed by atoms with Crippen molar-refractivity contribution in [1.82, 2.24) is 5.32 Å². The second-order valence-electron chi connectivity index (χ2n) is 5.78. The lowest BCUT2D eigenvalue weighted by atomic mass is 10.4. The summed E-state index contributed by atoms with van der Waals surface area (Å²) in [4.78, 5) is 11.6. The molecule has 3 aromatic rings. The summed E-state index contributed by atoms with van der Waals surface area (Å²) in [5.74, 6) is 0. The fourth-order valence-electron chi connectivity index (χ4n) is 3.23. The minimum Gasteiger partial charge on any atom is -0.768 e. The second kappa shape index (κ2) is 9.18. The van der Waals surface area contributed by atoms with Crippen molar-refractivity contribution in [2.24, 2.45) is 0 Å². The molecule has 3 rings (SSSR count). The molecular formula is C22H20NOPS2. The predicted octanol–water partition coefficient (Wildman–Crippen LogP) is 3.76. The Balaban J connectivity index is 2.49. The molecule has 0 saturated heterocycles. The number of carbonyl (C=O) groups is 1. The molecule has 0 aliphatic heterocycles. The number of hydrogen-bond donors (Lipinski definition) is 1. The van der Waals surface area contributed by atoms with Crippen molar-refractivity contribution >= 4 is 54.0 Å². The Morgan fingerprint density at radius 1 is 0.815 bits per heavy atom.